The highest BCUT2D eigenvalue weighted by molar-refractivity contribution is 7.92. The summed E-state index contributed by atoms with van der Waals surface area (Å²) in [5, 5.41) is 2.78. The molecule has 3 aromatic rings. The van der Waals surface area contributed by atoms with Crippen molar-refractivity contribution in [1.82, 2.24) is 10.2 Å². The van der Waals surface area contributed by atoms with Crippen molar-refractivity contribution in [2.75, 3.05) is 23.9 Å². The Labute approximate surface area is 226 Å². The number of hydrogen-bond donors (Lipinski definition) is 1. The maximum absolute atomic E-state index is 13.9. The van der Waals surface area contributed by atoms with Crippen LogP contribution in [0.5, 0.6) is 0 Å². The molecule has 0 radical (unpaired) electrons. The maximum atomic E-state index is 13.9. The molecule has 38 heavy (non-hydrogen) atoms. The molecular formula is C30H37N3O4S. The number of hydrogen-bond acceptors (Lipinski definition) is 4. The molecule has 0 aromatic heterocycles. The summed E-state index contributed by atoms with van der Waals surface area (Å²) >= 11 is 0. The van der Waals surface area contributed by atoms with E-state index in [0.717, 1.165) is 26.6 Å². The summed E-state index contributed by atoms with van der Waals surface area (Å²) in [7, 11) is -4.07. The van der Waals surface area contributed by atoms with Crippen molar-refractivity contribution in [3.8, 4) is 0 Å². The summed E-state index contributed by atoms with van der Waals surface area (Å²) < 4.78 is 29.0. The van der Waals surface area contributed by atoms with E-state index in [9.17, 15) is 18.0 Å². The molecule has 1 N–H and O–H groups in total. The average Bonchev–Trinajstić information content (AvgIpc) is 2.88. The molecule has 202 valence electrons. The van der Waals surface area contributed by atoms with Crippen LogP contribution in [0.15, 0.2) is 77.7 Å². The van der Waals surface area contributed by atoms with Gasteiger partial charge < -0.3 is 10.2 Å². The molecule has 3 aromatic carbocycles. The van der Waals surface area contributed by atoms with E-state index in [-0.39, 0.29) is 17.3 Å². The number of benzene rings is 3. The molecule has 0 heterocycles. The topological polar surface area (TPSA) is 86.8 Å². The Morgan fingerprint density at radius 1 is 0.895 bits per heavy atom. The summed E-state index contributed by atoms with van der Waals surface area (Å²) in [6.45, 7) is 9.40. The molecule has 0 aliphatic rings. The van der Waals surface area contributed by atoms with Crippen molar-refractivity contribution in [2.24, 2.45) is 0 Å². The van der Waals surface area contributed by atoms with E-state index in [1.54, 1.807) is 37.3 Å². The molecule has 0 saturated heterocycles. The Hall–Kier alpha value is -3.65. The van der Waals surface area contributed by atoms with E-state index in [4.69, 9.17) is 0 Å². The predicted octanol–water partition coefficient (Wildman–Crippen LogP) is 4.40. The van der Waals surface area contributed by atoms with E-state index in [0.29, 0.717) is 18.7 Å². The summed E-state index contributed by atoms with van der Waals surface area (Å²) in [6.07, 6.45) is 0.532. The van der Waals surface area contributed by atoms with Crippen LogP contribution in [-0.2, 0) is 26.0 Å². The first-order chi connectivity index (χ1) is 18.0. The summed E-state index contributed by atoms with van der Waals surface area (Å²) in [6, 6.07) is 20.9. The number of sulfonamides is 1. The normalized spacial score (nSPS) is 12.0. The molecule has 8 heteroatoms. The Kier molecular flexibility index (Phi) is 9.69. The van der Waals surface area contributed by atoms with Gasteiger partial charge in [0.15, 0.2) is 0 Å². The molecule has 0 unspecified atom stereocenters. The van der Waals surface area contributed by atoms with Crippen LogP contribution >= 0.6 is 0 Å². The maximum Gasteiger partial charge on any atom is 0.264 e. The quantitative estimate of drug-likeness (QED) is 0.394. The number of nitrogens with zero attached hydrogens (tertiary/aromatic N) is 2. The smallest absolute Gasteiger partial charge is 0.264 e. The van der Waals surface area contributed by atoms with E-state index in [2.05, 4.69) is 5.32 Å². The van der Waals surface area contributed by atoms with Gasteiger partial charge in [-0.2, -0.15) is 0 Å². The predicted molar refractivity (Wildman–Crippen MR) is 152 cm³/mol. The van der Waals surface area contributed by atoms with Gasteiger partial charge in [-0.3, -0.25) is 13.9 Å². The van der Waals surface area contributed by atoms with E-state index in [1.807, 2.05) is 70.2 Å². The van der Waals surface area contributed by atoms with Crippen LogP contribution in [0.3, 0.4) is 0 Å². The van der Waals surface area contributed by atoms with Crippen molar-refractivity contribution in [1.29, 1.82) is 0 Å². The largest absolute Gasteiger partial charge is 0.355 e. The highest BCUT2D eigenvalue weighted by Gasteiger charge is 2.32. The van der Waals surface area contributed by atoms with Crippen LogP contribution in [0.25, 0.3) is 0 Å². The van der Waals surface area contributed by atoms with Gasteiger partial charge in [0, 0.05) is 13.1 Å². The molecule has 0 aliphatic carbocycles. The summed E-state index contributed by atoms with van der Waals surface area (Å²) in [5.74, 6) is -0.733. The first kappa shape index (κ1) is 28.9. The first-order valence-electron chi connectivity index (χ1n) is 12.8. The molecule has 0 fully saturated rings. The third-order valence-corrected chi connectivity index (χ3v) is 8.29. The minimum Gasteiger partial charge on any atom is -0.355 e. The number of aryl methyl sites for hydroxylation is 3. The average molecular weight is 536 g/mol. The van der Waals surface area contributed by atoms with Crippen molar-refractivity contribution in [2.45, 2.75) is 52.0 Å². The van der Waals surface area contributed by atoms with Crippen LogP contribution in [0.2, 0.25) is 0 Å². The van der Waals surface area contributed by atoms with Gasteiger partial charge in [0.2, 0.25) is 11.8 Å². The number of likely N-dealkylation sites (N-methyl/N-ethyl adjacent to an activating group) is 1. The molecule has 0 spiro atoms. The van der Waals surface area contributed by atoms with E-state index >= 15 is 0 Å². The zero-order valence-electron chi connectivity index (χ0n) is 22.8. The minimum atomic E-state index is -4.07. The number of carbonyl (C=O) groups is 2. The Bertz CT molecular complexity index is 1360. The SMILES string of the molecule is CCNC(=O)[C@H](C)N(CCc1ccccc1)C(=O)CN(c1ccc(C)cc1C)S(=O)(=O)c1ccc(C)cc1. The minimum absolute atomic E-state index is 0.100. The molecular weight excluding hydrogens is 498 g/mol. The Morgan fingerprint density at radius 2 is 1.53 bits per heavy atom. The molecule has 2 amide bonds. The van der Waals surface area contributed by atoms with Gasteiger partial charge in [-0.15, -0.1) is 0 Å². The van der Waals surface area contributed by atoms with Crippen LogP contribution in [0.4, 0.5) is 5.69 Å². The van der Waals surface area contributed by atoms with Crippen LogP contribution < -0.4 is 9.62 Å². The zero-order valence-corrected chi connectivity index (χ0v) is 23.6. The van der Waals surface area contributed by atoms with Crippen LogP contribution in [0.1, 0.15) is 36.1 Å². The molecule has 1 atom stereocenters. The molecule has 0 saturated carbocycles. The van der Waals surface area contributed by atoms with E-state index in [1.165, 1.54) is 4.90 Å². The van der Waals surface area contributed by atoms with Crippen molar-refractivity contribution < 1.29 is 18.0 Å². The van der Waals surface area contributed by atoms with E-state index < -0.39 is 28.5 Å². The number of amides is 2. The second-order valence-corrected chi connectivity index (χ2v) is 11.4. The second kappa shape index (κ2) is 12.7. The zero-order chi connectivity index (χ0) is 27.9. The summed E-state index contributed by atoms with van der Waals surface area (Å²) in [5.41, 5.74) is 4.10. The molecule has 0 aliphatic heterocycles. The van der Waals surface area contributed by atoms with Crippen molar-refractivity contribution in [3.05, 3.63) is 95.1 Å². The van der Waals surface area contributed by atoms with Crippen molar-refractivity contribution >= 4 is 27.5 Å². The summed E-state index contributed by atoms with van der Waals surface area (Å²) in [4.78, 5) is 28.2. The monoisotopic (exact) mass is 535 g/mol. The van der Waals surface area contributed by atoms with Gasteiger partial charge in [-0.1, -0.05) is 65.7 Å². The highest BCUT2D eigenvalue weighted by atomic mass is 32.2. The highest BCUT2D eigenvalue weighted by Crippen LogP contribution is 2.28. The second-order valence-electron chi connectivity index (χ2n) is 9.51. The fourth-order valence-corrected chi connectivity index (χ4v) is 5.81. The number of anilines is 1. The lowest BCUT2D eigenvalue weighted by atomic mass is 10.1. The van der Waals surface area contributed by atoms with Gasteiger partial charge >= 0.3 is 0 Å². The number of nitrogens with one attached hydrogen (secondary N) is 1. The molecule has 7 nitrogen and oxygen atoms in total. The van der Waals surface area contributed by atoms with Crippen LogP contribution in [0, 0.1) is 20.8 Å². The Balaban J connectivity index is 2.01. The van der Waals surface area contributed by atoms with Crippen molar-refractivity contribution in [3.63, 3.8) is 0 Å². The molecule has 3 rings (SSSR count). The lowest BCUT2D eigenvalue weighted by Gasteiger charge is -2.32. The fourth-order valence-electron chi connectivity index (χ4n) is 4.33. The van der Waals surface area contributed by atoms with Gasteiger partial charge in [-0.05, 0) is 70.4 Å². The van der Waals surface area contributed by atoms with Gasteiger partial charge in [0.25, 0.3) is 10.0 Å². The molecule has 0 bridgehead atoms. The lowest BCUT2D eigenvalue weighted by Crippen LogP contribution is -2.52. The third kappa shape index (κ3) is 7.01. The first-order valence-corrected chi connectivity index (χ1v) is 14.3. The Morgan fingerprint density at radius 3 is 2.13 bits per heavy atom. The standard InChI is InChI=1S/C30H37N3O4S/c1-6-31-30(35)25(5)32(19-18-26-10-8-7-9-11-26)29(34)21-33(28-17-14-23(3)20-24(28)4)38(36,37)27-15-12-22(2)13-16-27/h7-17,20,25H,6,18-19,21H2,1-5H3,(H,31,35)/t25-/m0/s1. The van der Waals surface area contributed by atoms with Gasteiger partial charge in [0.1, 0.15) is 12.6 Å². The third-order valence-electron chi connectivity index (χ3n) is 6.51. The van der Waals surface area contributed by atoms with Gasteiger partial charge in [0.05, 0.1) is 10.6 Å². The lowest BCUT2D eigenvalue weighted by molar-refractivity contribution is -0.138. The fraction of sp³-hybridized carbons (Fsp3) is 0.333. The number of rotatable bonds is 11. The van der Waals surface area contributed by atoms with Gasteiger partial charge in [-0.25, -0.2) is 8.42 Å². The number of carbonyl (C=O) groups excluding carboxylic acids is 2. The van der Waals surface area contributed by atoms with Crippen LogP contribution in [-0.4, -0.2) is 50.8 Å².